The average molecular weight is 398 g/mol. The molecule has 1 fully saturated rings. The average Bonchev–Trinajstić information content (AvgIpc) is 2.75. The van der Waals surface area contributed by atoms with Gasteiger partial charge in [0, 0.05) is 13.8 Å². The van der Waals surface area contributed by atoms with E-state index >= 15 is 0 Å². The molecular formula is C15H27O8PS. The molecule has 0 aromatic rings. The van der Waals surface area contributed by atoms with E-state index in [1.807, 2.05) is 0 Å². The Hall–Kier alpha value is -0.600. The van der Waals surface area contributed by atoms with Gasteiger partial charge in [-0.05, 0) is 27.7 Å². The molecule has 1 heterocycles. The van der Waals surface area contributed by atoms with Crippen molar-refractivity contribution in [3.8, 4) is 0 Å². The van der Waals surface area contributed by atoms with E-state index in [-0.39, 0.29) is 29.6 Å². The van der Waals surface area contributed by atoms with Crippen LogP contribution >= 0.6 is 19.4 Å². The van der Waals surface area contributed by atoms with Crippen LogP contribution in [-0.2, 0) is 37.4 Å². The van der Waals surface area contributed by atoms with Gasteiger partial charge >= 0.3 is 19.5 Å². The van der Waals surface area contributed by atoms with Crippen molar-refractivity contribution in [2.45, 2.75) is 71.4 Å². The van der Waals surface area contributed by atoms with Gasteiger partial charge in [-0.2, -0.15) is 0 Å². The lowest BCUT2D eigenvalue weighted by atomic mass is 10.3. The maximum Gasteiger partial charge on any atom is 0.340 e. The molecule has 0 spiro atoms. The first-order valence-corrected chi connectivity index (χ1v) is 10.8. The maximum atomic E-state index is 12.9. The van der Waals surface area contributed by atoms with Crippen LogP contribution in [0.5, 0.6) is 0 Å². The van der Waals surface area contributed by atoms with Gasteiger partial charge in [0.05, 0.1) is 29.6 Å². The Balaban J connectivity index is 2.78. The van der Waals surface area contributed by atoms with E-state index in [0.29, 0.717) is 0 Å². The minimum absolute atomic E-state index is 0.0714. The molecule has 0 aromatic heterocycles. The van der Waals surface area contributed by atoms with Crippen LogP contribution in [0, 0.1) is 0 Å². The van der Waals surface area contributed by atoms with Gasteiger partial charge in [-0.15, -0.1) is 11.8 Å². The first-order chi connectivity index (χ1) is 11.5. The molecular weight excluding hydrogens is 371 g/mol. The van der Waals surface area contributed by atoms with Crippen LogP contribution in [-0.4, -0.2) is 53.9 Å². The molecule has 0 N–H and O–H groups in total. The minimum atomic E-state index is -3.33. The molecule has 8 nitrogen and oxygen atoms in total. The monoisotopic (exact) mass is 398 g/mol. The Bertz CT molecular complexity index is 496. The SMILES string of the molecule is CC(=O)O[C@H]1OC[C@H](SCP(=O)(OC(C)C)OC(C)C)[C@H]1OC(C)=O. The van der Waals surface area contributed by atoms with E-state index in [9.17, 15) is 14.2 Å². The van der Waals surface area contributed by atoms with Crippen molar-refractivity contribution in [3.63, 3.8) is 0 Å². The number of carbonyl (C=O) groups excluding carboxylic acids is 2. The number of thioether (sulfide) groups is 1. The molecule has 10 heteroatoms. The molecule has 1 aliphatic rings. The van der Waals surface area contributed by atoms with Gasteiger partial charge in [-0.3, -0.25) is 14.2 Å². The molecule has 0 bridgehead atoms. The lowest BCUT2D eigenvalue weighted by molar-refractivity contribution is -0.189. The van der Waals surface area contributed by atoms with E-state index in [0.717, 1.165) is 0 Å². The van der Waals surface area contributed by atoms with E-state index in [1.165, 1.54) is 25.6 Å². The van der Waals surface area contributed by atoms with Gasteiger partial charge in [0.25, 0.3) is 0 Å². The van der Waals surface area contributed by atoms with E-state index in [2.05, 4.69) is 0 Å². The molecule has 1 saturated heterocycles. The zero-order valence-electron chi connectivity index (χ0n) is 15.4. The summed E-state index contributed by atoms with van der Waals surface area (Å²) >= 11 is 1.25. The highest BCUT2D eigenvalue weighted by Gasteiger charge is 2.44. The second-order valence-corrected chi connectivity index (χ2v) is 9.75. The predicted octanol–water partition coefficient (Wildman–Crippen LogP) is 2.94. The summed E-state index contributed by atoms with van der Waals surface area (Å²) in [6.45, 7) is 9.80. The number of hydrogen-bond acceptors (Lipinski definition) is 9. The van der Waals surface area contributed by atoms with Crippen LogP contribution in [0.25, 0.3) is 0 Å². The second-order valence-electron chi connectivity index (χ2n) is 6.14. The highest BCUT2D eigenvalue weighted by atomic mass is 32.2. The molecule has 0 saturated carbocycles. The Labute approximate surface area is 152 Å². The fraction of sp³-hybridized carbons (Fsp3) is 0.867. The predicted molar refractivity (Wildman–Crippen MR) is 93.4 cm³/mol. The van der Waals surface area contributed by atoms with E-state index in [1.54, 1.807) is 27.7 Å². The summed E-state index contributed by atoms with van der Waals surface area (Å²) < 4.78 is 39.5. The van der Waals surface area contributed by atoms with Crippen molar-refractivity contribution in [2.24, 2.45) is 0 Å². The first-order valence-electron chi connectivity index (χ1n) is 8.06. The fourth-order valence-electron chi connectivity index (χ4n) is 2.20. The van der Waals surface area contributed by atoms with Crippen molar-refractivity contribution in [1.82, 2.24) is 0 Å². The van der Waals surface area contributed by atoms with Crippen molar-refractivity contribution in [2.75, 3.05) is 12.1 Å². The van der Waals surface area contributed by atoms with Gasteiger partial charge in [0.2, 0.25) is 6.29 Å². The molecule has 146 valence electrons. The Morgan fingerprint density at radius 2 is 1.60 bits per heavy atom. The Morgan fingerprint density at radius 1 is 1.08 bits per heavy atom. The van der Waals surface area contributed by atoms with Gasteiger partial charge < -0.3 is 23.3 Å². The molecule has 0 unspecified atom stereocenters. The summed E-state index contributed by atoms with van der Waals surface area (Å²) in [6.07, 6.45) is -2.28. The number of esters is 2. The smallest absolute Gasteiger partial charge is 0.340 e. The van der Waals surface area contributed by atoms with E-state index < -0.39 is 31.9 Å². The molecule has 0 aromatic carbocycles. The summed E-state index contributed by atoms with van der Waals surface area (Å²) in [4.78, 5) is 22.5. The highest BCUT2D eigenvalue weighted by Crippen LogP contribution is 2.54. The molecule has 0 amide bonds. The summed E-state index contributed by atoms with van der Waals surface area (Å²) in [7, 11) is -3.33. The second kappa shape index (κ2) is 9.92. The quantitative estimate of drug-likeness (QED) is 0.429. The summed E-state index contributed by atoms with van der Waals surface area (Å²) in [5.74, 6) is -1.05. The first kappa shape index (κ1) is 22.4. The van der Waals surface area contributed by atoms with Crippen LogP contribution in [0.1, 0.15) is 41.5 Å². The number of carbonyl (C=O) groups is 2. The van der Waals surface area contributed by atoms with Crippen molar-refractivity contribution >= 4 is 31.3 Å². The van der Waals surface area contributed by atoms with Crippen molar-refractivity contribution in [3.05, 3.63) is 0 Å². The van der Waals surface area contributed by atoms with Crippen LogP contribution < -0.4 is 0 Å². The van der Waals surface area contributed by atoms with Gasteiger partial charge in [-0.1, -0.05) is 0 Å². The fourth-order valence-corrected chi connectivity index (χ4v) is 6.07. The lowest BCUT2D eigenvalue weighted by Crippen LogP contribution is -2.36. The largest absolute Gasteiger partial charge is 0.455 e. The third kappa shape index (κ3) is 8.09. The third-order valence-electron chi connectivity index (χ3n) is 2.83. The van der Waals surface area contributed by atoms with Gasteiger partial charge in [0.15, 0.2) is 6.10 Å². The third-order valence-corrected chi connectivity index (χ3v) is 7.01. The number of rotatable bonds is 9. The van der Waals surface area contributed by atoms with Crippen LogP contribution in [0.3, 0.4) is 0 Å². The Kier molecular flexibility index (Phi) is 8.91. The van der Waals surface area contributed by atoms with Crippen LogP contribution in [0.2, 0.25) is 0 Å². The van der Waals surface area contributed by atoms with Crippen LogP contribution in [0.15, 0.2) is 0 Å². The number of hydrogen-bond donors (Lipinski definition) is 0. The normalized spacial score (nSPS) is 23.9. The standard InChI is InChI=1S/C15H27O8PS/c1-9(2)22-24(18,23-10(3)4)8-25-13-7-19-15(21-12(6)17)14(13)20-11(5)16/h9-10,13-15H,7-8H2,1-6H3/t13-,14+,15+/m0/s1. The minimum Gasteiger partial charge on any atom is -0.455 e. The zero-order valence-corrected chi connectivity index (χ0v) is 17.1. The highest BCUT2D eigenvalue weighted by molar-refractivity contribution is 8.05. The van der Waals surface area contributed by atoms with Gasteiger partial charge in [-0.25, -0.2) is 0 Å². The Morgan fingerprint density at radius 3 is 2.04 bits per heavy atom. The molecule has 0 aliphatic carbocycles. The molecule has 1 rings (SSSR count). The topological polar surface area (TPSA) is 97.4 Å². The molecule has 0 radical (unpaired) electrons. The van der Waals surface area contributed by atoms with Gasteiger partial charge in [0.1, 0.15) is 0 Å². The van der Waals surface area contributed by atoms with Crippen molar-refractivity contribution in [1.29, 1.82) is 0 Å². The summed E-state index contributed by atoms with van der Waals surface area (Å²) in [5.41, 5.74) is 0.0714. The summed E-state index contributed by atoms with van der Waals surface area (Å²) in [5, 5.41) is -0.354. The van der Waals surface area contributed by atoms with Crippen molar-refractivity contribution < 1.29 is 37.4 Å². The van der Waals surface area contributed by atoms with E-state index in [4.69, 9.17) is 23.3 Å². The number of ether oxygens (including phenoxy) is 3. The molecule has 3 atom stereocenters. The summed E-state index contributed by atoms with van der Waals surface area (Å²) in [6, 6.07) is 0. The zero-order chi connectivity index (χ0) is 19.2. The van der Waals surface area contributed by atoms with Crippen LogP contribution in [0.4, 0.5) is 0 Å². The lowest BCUT2D eigenvalue weighted by Gasteiger charge is -2.25. The molecule has 25 heavy (non-hydrogen) atoms. The maximum absolute atomic E-state index is 12.9. The molecule has 1 aliphatic heterocycles.